The third kappa shape index (κ3) is 2.44. The third-order valence-electron chi connectivity index (χ3n) is 2.12. The molecule has 0 fully saturated rings. The molecule has 0 amide bonds. The highest BCUT2D eigenvalue weighted by molar-refractivity contribution is 5.76. The minimum absolute atomic E-state index is 0.207. The summed E-state index contributed by atoms with van der Waals surface area (Å²) in [5.41, 5.74) is -2.25. The van der Waals surface area contributed by atoms with E-state index in [1.807, 2.05) is 13.8 Å². The van der Waals surface area contributed by atoms with Crippen LogP contribution >= 0.6 is 0 Å². The monoisotopic (exact) mass is 260 g/mol. The van der Waals surface area contributed by atoms with E-state index in [4.69, 9.17) is 0 Å². The fourth-order valence-corrected chi connectivity index (χ4v) is 1.43. The molecule has 2 aromatic heterocycles. The van der Waals surface area contributed by atoms with Crippen molar-refractivity contribution in [1.82, 2.24) is 9.38 Å². The van der Waals surface area contributed by atoms with Crippen LogP contribution in [-0.2, 0) is 6.18 Å². The van der Waals surface area contributed by atoms with Crippen molar-refractivity contribution in [3.05, 3.63) is 40.1 Å². The highest BCUT2D eigenvalue weighted by atomic mass is 19.4. The lowest BCUT2D eigenvalue weighted by Gasteiger charge is -2.08. The maximum atomic E-state index is 12.6. The second-order valence-corrected chi connectivity index (χ2v) is 3.15. The summed E-state index contributed by atoms with van der Waals surface area (Å²) in [4.78, 5) is 23.8. The number of aromatic nitrogens is 2. The topological polar surface area (TPSA) is 54.3 Å². The molecule has 0 saturated carbocycles. The van der Waals surface area contributed by atoms with E-state index < -0.39 is 17.4 Å². The van der Waals surface area contributed by atoms with Gasteiger partial charge in [0.25, 0.3) is 0 Å². The lowest BCUT2D eigenvalue weighted by atomic mass is 10.1. The molecule has 18 heavy (non-hydrogen) atoms. The van der Waals surface area contributed by atoms with Gasteiger partial charge in [-0.3, -0.25) is 9.20 Å². The van der Waals surface area contributed by atoms with Gasteiger partial charge >= 0.3 is 11.9 Å². The van der Waals surface area contributed by atoms with Gasteiger partial charge in [-0.05, 0) is 6.07 Å². The van der Waals surface area contributed by atoms with Gasteiger partial charge in [-0.25, -0.2) is 4.79 Å². The Morgan fingerprint density at radius 3 is 2.44 bits per heavy atom. The fraction of sp³-hybridized carbons (Fsp3) is 0.273. The van der Waals surface area contributed by atoms with Gasteiger partial charge < -0.3 is 4.98 Å². The molecule has 1 N–H and O–H groups in total. The number of H-pyrrole nitrogens is 1. The molecule has 2 rings (SSSR count). The first-order chi connectivity index (χ1) is 8.43. The molecule has 7 heteroatoms. The number of imidazole rings is 1. The lowest BCUT2D eigenvalue weighted by molar-refractivity contribution is -0.136. The van der Waals surface area contributed by atoms with Gasteiger partial charge in [0.15, 0.2) is 6.29 Å². The largest absolute Gasteiger partial charge is 0.418 e. The van der Waals surface area contributed by atoms with Gasteiger partial charge in [-0.2, -0.15) is 13.2 Å². The van der Waals surface area contributed by atoms with Gasteiger partial charge in [0, 0.05) is 18.0 Å². The number of fused-ring (bicyclic) bond motifs is 1. The molecule has 4 nitrogen and oxygen atoms in total. The van der Waals surface area contributed by atoms with E-state index in [2.05, 4.69) is 4.98 Å². The molecule has 0 unspecified atom stereocenters. The average molecular weight is 260 g/mol. The minimum Gasteiger partial charge on any atom is -0.312 e. The molecule has 0 aliphatic heterocycles. The summed E-state index contributed by atoms with van der Waals surface area (Å²) in [6.45, 7) is 4.00. The van der Waals surface area contributed by atoms with Crippen molar-refractivity contribution in [1.29, 1.82) is 0 Å². The molecule has 0 aromatic carbocycles. The number of alkyl halides is 3. The smallest absolute Gasteiger partial charge is 0.312 e. The van der Waals surface area contributed by atoms with Crippen LogP contribution in [0, 0.1) is 0 Å². The highest BCUT2D eigenvalue weighted by Gasteiger charge is 2.33. The summed E-state index contributed by atoms with van der Waals surface area (Å²) in [6.07, 6.45) is -2.34. The number of aromatic amines is 1. The summed E-state index contributed by atoms with van der Waals surface area (Å²) in [5, 5.41) is 0. The lowest BCUT2D eigenvalue weighted by Crippen LogP contribution is -2.14. The van der Waals surface area contributed by atoms with E-state index in [1.54, 1.807) is 0 Å². The van der Waals surface area contributed by atoms with E-state index in [0.717, 1.165) is 16.8 Å². The van der Waals surface area contributed by atoms with Crippen molar-refractivity contribution in [2.24, 2.45) is 0 Å². The Morgan fingerprint density at radius 2 is 1.94 bits per heavy atom. The Labute approximate surface area is 100 Å². The zero-order chi connectivity index (χ0) is 13.9. The molecule has 0 atom stereocenters. The van der Waals surface area contributed by atoms with Crippen LogP contribution in [0.1, 0.15) is 29.8 Å². The number of pyridine rings is 1. The normalized spacial score (nSPS) is 10.9. The van der Waals surface area contributed by atoms with Crippen molar-refractivity contribution in [3.8, 4) is 0 Å². The quantitative estimate of drug-likeness (QED) is 0.801. The zero-order valence-corrected chi connectivity index (χ0v) is 9.71. The van der Waals surface area contributed by atoms with Gasteiger partial charge in [0.2, 0.25) is 0 Å². The van der Waals surface area contributed by atoms with E-state index >= 15 is 0 Å². The first-order valence-corrected chi connectivity index (χ1v) is 5.19. The maximum Gasteiger partial charge on any atom is 0.418 e. The first kappa shape index (κ1) is 14.0. The number of hydrogen-bond acceptors (Lipinski definition) is 2. The molecule has 0 aliphatic rings. The van der Waals surface area contributed by atoms with Crippen molar-refractivity contribution < 1.29 is 18.0 Å². The number of nitrogens with zero attached hydrogens (tertiary/aromatic N) is 1. The van der Waals surface area contributed by atoms with Crippen molar-refractivity contribution in [2.75, 3.05) is 0 Å². The number of hydrogen-bond donors (Lipinski definition) is 1. The molecule has 2 aromatic rings. The molecular weight excluding hydrogens is 249 g/mol. The second kappa shape index (κ2) is 5.07. The summed E-state index contributed by atoms with van der Waals surface area (Å²) in [5.74, 6) is 0. The Morgan fingerprint density at radius 1 is 1.33 bits per heavy atom. The molecule has 0 spiro atoms. The van der Waals surface area contributed by atoms with Gasteiger partial charge in [0.05, 0.1) is 11.1 Å². The number of rotatable bonds is 1. The Kier molecular flexibility index (Phi) is 3.95. The van der Waals surface area contributed by atoms with E-state index in [9.17, 15) is 22.8 Å². The standard InChI is InChI=1S/C9H5F3N2O2.C2H6/c10-9(11,12)6-1-5(4-15)3-14-7(6)2-13-8(14)16;1-2/h1-4H,(H,13,16);1-2H3. The number of aldehydes is 1. The number of carbonyl (C=O) groups excluding carboxylic acids is 1. The number of carbonyl (C=O) groups is 1. The van der Waals surface area contributed by atoms with Crippen LogP contribution in [0.25, 0.3) is 5.52 Å². The van der Waals surface area contributed by atoms with Gasteiger partial charge in [0.1, 0.15) is 0 Å². The summed E-state index contributed by atoms with van der Waals surface area (Å²) < 4.78 is 38.6. The van der Waals surface area contributed by atoms with E-state index in [1.165, 1.54) is 0 Å². The predicted octanol–water partition coefficient (Wildman–Crippen LogP) is 2.49. The summed E-state index contributed by atoms with van der Waals surface area (Å²) >= 11 is 0. The van der Waals surface area contributed by atoms with E-state index in [-0.39, 0.29) is 17.4 Å². The average Bonchev–Trinajstić information content (AvgIpc) is 2.71. The van der Waals surface area contributed by atoms with Crippen molar-refractivity contribution in [2.45, 2.75) is 20.0 Å². The highest BCUT2D eigenvalue weighted by Crippen LogP contribution is 2.32. The molecule has 2 heterocycles. The molecule has 0 radical (unpaired) electrons. The molecule has 98 valence electrons. The predicted molar refractivity (Wildman–Crippen MR) is 59.8 cm³/mol. The number of halogens is 3. The minimum atomic E-state index is -4.61. The zero-order valence-electron chi connectivity index (χ0n) is 9.71. The molecule has 0 aliphatic carbocycles. The molecule has 0 saturated heterocycles. The second-order valence-electron chi connectivity index (χ2n) is 3.15. The summed E-state index contributed by atoms with van der Waals surface area (Å²) in [6, 6.07) is 0.704. The maximum absolute atomic E-state index is 12.6. The van der Waals surface area contributed by atoms with Crippen LogP contribution in [0.3, 0.4) is 0 Å². The van der Waals surface area contributed by atoms with Crippen LogP contribution in [0.2, 0.25) is 0 Å². The van der Waals surface area contributed by atoms with Crippen LogP contribution in [0.15, 0.2) is 23.3 Å². The Hall–Kier alpha value is -2.05. The first-order valence-electron chi connectivity index (χ1n) is 5.19. The SMILES string of the molecule is CC.O=Cc1cc(C(F)(F)F)c2c[nH]c(=O)n2c1. The molecular formula is C11H11F3N2O2. The summed E-state index contributed by atoms with van der Waals surface area (Å²) in [7, 11) is 0. The van der Waals surface area contributed by atoms with E-state index in [0.29, 0.717) is 6.07 Å². The van der Waals surface area contributed by atoms with Crippen molar-refractivity contribution in [3.63, 3.8) is 0 Å². The van der Waals surface area contributed by atoms with Gasteiger partial charge in [-0.1, -0.05) is 13.8 Å². The van der Waals surface area contributed by atoms with Crippen LogP contribution < -0.4 is 5.69 Å². The van der Waals surface area contributed by atoms with Gasteiger partial charge in [-0.15, -0.1) is 0 Å². The Bertz CT molecular complexity index is 611. The molecule has 0 bridgehead atoms. The fourth-order valence-electron chi connectivity index (χ4n) is 1.43. The van der Waals surface area contributed by atoms with Crippen molar-refractivity contribution >= 4 is 11.8 Å². The Balaban J connectivity index is 0.000000771. The van der Waals surface area contributed by atoms with Crippen LogP contribution in [0.4, 0.5) is 13.2 Å². The number of nitrogens with one attached hydrogen (secondary N) is 1. The van der Waals surface area contributed by atoms with Crippen LogP contribution in [0.5, 0.6) is 0 Å². The third-order valence-corrected chi connectivity index (χ3v) is 2.12. The van der Waals surface area contributed by atoms with Crippen LogP contribution in [-0.4, -0.2) is 15.7 Å².